The van der Waals surface area contributed by atoms with Gasteiger partial charge in [-0.2, -0.15) is 0 Å². The highest BCUT2D eigenvalue weighted by Crippen LogP contribution is 2.44. The Bertz CT molecular complexity index is 1120. The fourth-order valence-corrected chi connectivity index (χ4v) is 5.14. The largest absolute Gasteiger partial charge is 0.396 e. The van der Waals surface area contributed by atoms with Crippen LogP contribution in [0, 0.1) is 5.41 Å². The van der Waals surface area contributed by atoms with Gasteiger partial charge in [0.25, 0.3) is 0 Å². The van der Waals surface area contributed by atoms with Gasteiger partial charge in [0, 0.05) is 44.2 Å². The Hall–Kier alpha value is -1.91. The first kappa shape index (κ1) is 20.4. The molecule has 0 aliphatic carbocycles. The summed E-state index contributed by atoms with van der Waals surface area (Å²) >= 11 is 0. The molecule has 0 bridgehead atoms. The number of aliphatic hydroxyl groups is 1. The van der Waals surface area contributed by atoms with Crippen molar-refractivity contribution < 1.29 is 5.11 Å². The third kappa shape index (κ3) is 3.27. The molecule has 0 amide bonds. The van der Waals surface area contributed by atoms with E-state index in [2.05, 4.69) is 78.7 Å². The first-order valence-corrected chi connectivity index (χ1v) is 10.3. The van der Waals surface area contributed by atoms with Crippen LogP contribution in [0.15, 0.2) is 54.6 Å². The molecule has 4 aromatic carbocycles. The van der Waals surface area contributed by atoms with Crippen LogP contribution in [-0.2, 0) is 0 Å². The van der Waals surface area contributed by atoms with Crippen molar-refractivity contribution in [2.45, 2.75) is 19.9 Å². The lowest BCUT2D eigenvalue weighted by Crippen LogP contribution is -2.49. The molecule has 0 radical (unpaired) electrons. The number of hydrogen-bond acceptors (Lipinski definition) is 3. The summed E-state index contributed by atoms with van der Waals surface area (Å²) < 4.78 is 0. The predicted molar refractivity (Wildman–Crippen MR) is 125 cm³/mol. The highest BCUT2D eigenvalue weighted by Gasteiger charge is 2.36. The minimum Gasteiger partial charge on any atom is -0.396 e. The van der Waals surface area contributed by atoms with Crippen molar-refractivity contribution in [1.29, 1.82) is 0 Å². The van der Waals surface area contributed by atoms with Crippen LogP contribution >= 0.6 is 12.4 Å². The van der Waals surface area contributed by atoms with E-state index in [4.69, 9.17) is 0 Å². The molecule has 0 aromatic heterocycles. The molecule has 0 saturated carbocycles. The summed E-state index contributed by atoms with van der Waals surface area (Å²) in [6, 6.07) is 20.3. The standard InChI is InChI=1S/C25H28N2O.ClH/c1-25(2,16-28)24(27-14-12-26-13-15-27)21-11-9-19-7-6-17-4-3-5-18-8-10-20(21)23(19)22(17)18;/h3-11,24,26,28H,12-16H2,1-2H3;1H/t24-;/m1./s1. The van der Waals surface area contributed by atoms with Crippen molar-refractivity contribution in [1.82, 2.24) is 10.2 Å². The Labute approximate surface area is 178 Å². The Morgan fingerprint density at radius 1 is 0.897 bits per heavy atom. The summed E-state index contributed by atoms with van der Waals surface area (Å²) in [6.45, 7) is 8.58. The van der Waals surface area contributed by atoms with Crippen LogP contribution in [0.2, 0.25) is 0 Å². The molecule has 4 heteroatoms. The van der Waals surface area contributed by atoms with E-state index in [1.165, 1.54) is 37.9 Å². The van der Waals surface area contributed by atoms with Gasteiger partial charge in [-0.3, -0.25) is 4.90 Å². The summed E-state index contributed by atoms with van der Waals surface area (Å²) in [5.41, 5.74) is 1.12. The van der Waals surface area contributed by atoms with Gasteiger partial charge in [-0.1, -0.05) is 68.4 Å². The zero-order chi connectivity index (χ0) is 19.3. The molecule has 1 heterocycles. The smallest absolute Gasteiger partial charge is 0.0500 e. The molecule has 3 nitrogen and oxygen atoms in total. The van der Waals surface area contributed by atoms with Gasteiger partial charge in [-0.05, 0) is 37.9 Å². The normalized spacial score (nSPS) is 17.1. The van der Waals surface area contributed by atoms with Gasteiger partial charge in [0.15, 0.2) is 0 Å². The maximum Gasteiger partial charge on any atom is 0.0500 e. The van der Waals surface area contributed by atoms with E-state index in [-0.39, 0.29) is 30.5 Å². The predicted octanol–water partition coefficient (Wildman–Crippen LogP) is 4.97. The Morgan fingerprint density at radius 2 is 1.48 bits per heavy atom. The van der Waals surface area contributed by atoms with E-state index in [0.29, 0.717) is 0 Å². The summed E-state index contributed by atoms with van der Waals surface area (Å²) in [7, 11) is 0. The first-order chi connectivity index (χ1) is 13.6. The summed E-state index contributed by atoms with van der Waals surface area (Å²) in [6.07, 6.45) is 0. The first-order valence-electron chi connectivity index (χ1n) is 10.3. The lowest BCUT2D eigenvalue weighted by Gasteiger charge is -2.44. The van der Waals surface area contributed by atoms with Crippen LogP contribution in [0.25, 0.3) is 32.3 Å². The number of benzene rings is 4. The van der Waals surface area contributed by atoms with Crippen molar-refractivity contribution in [3.8, 4) is 0 Å². The van der Waals surface area contributed by atoms with Gasteiger partial charge in [0.05, 0.1) is 0 Å². The second-order valence-electron chi connectivity index (χ2n) is 8.85. The van der Waals surface area contributed by atoms with Crippen LogP contribution in [0.3, 0.4) is 0 Å². The number of nitrogens with zero attached hydrogens (tertiary/aromatic N) is 1. The molecule has 0 unspecified atom stereocenters. The van der Waals surface area contributed by atoms with Gasteiger partial charge in [-0.15, -0.1) is 12.4 Å². The molecule has 1 aliphatic rings. The SMILES string of the molecule is CC(C)(CO)[C@@H](c1ccc2ccc3cccc4ccc1c2c34)N1CCNCC1.Cl. The van der Waals surface area contributed by atoms with Gasteiger partial charge in [-0.25, -0.2) is 0 Å². The number of hydrogen-bond donors (Lipinski definition) is 2. The lowest BCUT2D eigenvalue weighted by molar-refractivity contribution is 0.0313. The Balaban J connectivity index is 0.00000205. The van der Waals surface area contributed by atoms with Crippen LogP contribution in [-0.4, -0.2) is 42.8 Å². The molecule has 4 aromatic rings. The second kappa shape index (κ2) is 7.73. The van der Waals surface area contributed by atoms with E-state index in [1.54, 1.807) is 0 Å². The number of piperazine rings is 1. The number of aliphatic hydroxyl groups excluding tert-OH is 1. The third-order valence-corrected chi connectivity index (χ3v) is 6.52. The molecule has 0 spiro atoms. The summed E-state index contributed by atoms with van der Waals surface area (Å²) in [4.78, 5) is 2.55. The molecular formula is C25H29ClN2O. The molecule has 1 saturated heterocycles. The average Bonchev–Trinajstić information content (AvgIpc) is 2.73. The van der Waals surface area contributed by atoms with E-state index in [1.807, 2.05) is 0 Å². The molecule has 152 valence electrons. The van der Waals surface area contributed by atoms with Gasteiger partial charge in [0.1, 0.15) is 0 Å². The van der Waals surface area contributed by atoms with E-state index >= 15 is 0 Å². The molecule has 1 aliphatic heterocycles. The van der Waals surface area contributed by atoms with Crippen LogP contribution in [0.4, 0.5) is 0 Å². The van der Waals surface area contributed by atoms with Crippen LogP contribution in [0.1, 0.15) is 25.5 Å². The van der Waals surface area contributed by atoms with Crippen molar-refractivity contribution in [2.24, 2.45) is 5.41 Å². The summed E-state index contributed by atoms with van der Waals surface area (Å²) in [5.74, 6) is 0. The van der Waals surface area contributed by atoms with E-state index < -0.39 is 0 Å². The topological polar surface area (TPSA) is 35.5 Å². The number of rotatable bonds is 4. The molecule has 1 atom stereocenters. The van der Waals surface area contributed by atoms with E-state index in [0.717, 1.165) is 26.2 Å². The maximum atomic E-state index is 10.3. The average molecular weight is 409 g/mol. The third-order valence-electron chi connectivity index (χ3n) is 6.52. The highest BCUT2D eigenvalue weighted by atomic mass is 35.5. The maximum absolute atomic E-state index is 10.3. The number of halogens is 1. The van der Waals surface area contributed by atoms with E-state index in [9.17, 15) is 5.11 Å². The molecule has 1 fully saturated rings. The zero-order valence-corrected chi connectivity index (χ0v) is 17.9. The van der Waals surface area contributed by atoms with Crippen LogP contribution < -0.4 is 5.32 Å². The Morgan fingerprint density at radius 3 is 2.14 bits per heavy atom. The van der Waals surface area contributed by atoms with Crippen molar-refractivity contribution in [2.75, 3.05) is 32.8 Å². The Kier molecular flexibility index (Phi) is 5.43. The van der Waals surface area contributed by atoms with Crippen molar-refractivity contribution >= 4 is 44.7 Å². The molecule has 2 N–H and O–H groups in total. The fourth-order valence-electron chi connectivity index (χ4n) is 5.14. The lowest BCUT2D eigenvalue weighted by atomic mass is 9.77. The minimum atomic E-state index is -0.222. The molecule has 5 rings (SSSR count). The molecular weight excluding hydrogens is 380 g/mol. The van der Waals surface area contributed by atoms with Gasteiger partial charge >= 0.3 is 0 Å². The monoisotopic (exact) mass is 408 g/mol. The summed E-state index contributed by atoms with van der Waals surface area (Å²) in [5, 5.41) is 21.7. The minimum absolute atomic E-state index is 0. The molecule has 29 heavy (non-hydrogen) atoms. The quantitative estimate of drug-likeness (QED) is 0.468. The van der Waals surface area contributed by atoms with Crippen molar-refractivity contribution in [3.63, 3.8) is 0 Å². The number of nitrogens with one attached hydrogen (secondary N) is 1. The van der Waals surface area contributed by atoms with Crippen LogP contribution in [0.5, 0.6) is 0 Å². The van der Waals surface area contributed by atoms with Crippen molar-refractivity contribution in [3.05, 3.63) is 60.2 Å². The van der Waals surface area contributed by atoms with Gasteiger partial charge < -0.3 is 10.4 Å². The second-order valence-corrected chi connectivity index (χ2v) is 8.85. The fraction of sp³-hybridized carbons (Fsp3) is 0.360. The zero-order valence-electron chi connectivity index (χ0n) is 17.1. The highest BCUT2D eigenvalue weighted by molar-refractivity contribution is 6.23. The van der Waals surface area contributed by atoms with Gasteiger partial charge in [0.2, 0.25) is 0 Å².